The Morgan fingerprint density at radius 3 is 2.84 bits per heavy atom. The molecule has 0 radical (unpaired) electrons. The maximum atomic E-state index is 6.44. The molecule has 3 atom stereocenters. The minimum absolute atomic E-state index is 0.184. The van der Waals surface area contributed by atoms with Crippen molar-refractivity contribution in [1.29, 1.82) is 0 Å². The predicted molar refractivity (Wildman–Crippen MR) is 88.6 cm³/mol. The highest BCUT2D eigenvalue weighted by molar-refractivity contribution is 9.10. The average molecular weight is 343 g/mol. The molecular weight excluding hydrogens is 320 g/mol. The van der Waals surface area contributed by atoms with Gasteiger partial charge in [0.05, 0.1) is 6.04 Å². The topological polar surface area (TPSA) is 29.3 Å². The Labute approximate surface area is 129 Å². The molecule has 106 valence electrons. The molecule has 1 fully saturated rings. The molecule has 4 heteroatoms. The first-order valence-corrected chi connectivity index (χ1v) is 8.93. The largest absolute Gasteiger partial charge is 0.326 e. The fourth-order valence-electron chi connectivity index (χ4n) is 2.75. The van der Waals surface area contributed by atoms with Gasteiger partial charge in [-0.2, -0.15) is 11.8 Å². The first-order valence-electron chi connectivity index (χ1n) is 6.98. The van der Waals surface area contributed by atoms with Crippen LogP contribution in [0, 0.1) is 0 Å². The summed E-state index contributed by atoms with van der Waals surface area (Å²) in [5.41, 5.74) is 7.77. The first kappa shape index (κ1) is 15.4. The van der Waals surface area contributed by atoms with Crippen molar-refractivity contribution in [1.82, 2.24) is 4.90 Å². The third-order valence-electron chi connectivity index (χ3n) is 3.88. The zero-order valence-corrected chi connectivity index (χ0v) is 14.1. The fourth-order valence-corrected chi connectivity index (χ4v) is 4.31. The summed E-state index contributed by atoms with van der Waals surface area (Å²) in [7, 11) is 0. The van der Waals surface area contributed by atoms with Crippen LogP contribution in [0.15, 0.2) is 28.7 Å². The lowest BCUT2D eigenvalue weighted by atomic mass is 9.95. The van der Waals surface area contributed by atoms with Crippen LogP contribution in [0.3, 0.4) is 0 Å². The van der Waals surface area contributed by atoms with Crippen LogP contribution in [0.5, 0.6) is 0 Å². The van der Waals surface area contributed by atoms with E-state index in [1.54, 1.807) is 0 Å². The SMILES string of the molecule is CCC(N)C(c1ccccc1Br)N1CCSCC1C. The fraction of sp³-hybridized carbons (Fsp3) is 0.600. The summed E-state index contributed by atoms with van der Waals surface area (Å²) in [5, 5.41) is 0. The molecule has 1 aromatic carbocycles. The van der Waals surface area contributed by atoms with Crippen molar-refractivity contribution in [3.63, 3.8) is 0 Å². The Morgan fingerprint density at radius 1 is 1.47 bits per heavy atom. The number of rotatable bonds is 4. The molecule has 0 aromatic heterocycles. The lowest BCUT2D eigenvalue weighted by Crippen LogP contribution is -2.49. The van der Waals surface area contributed by atoms with Crippen LogP contribution in [0.25, 0.3) is 0 Å². The number of thioether (sulfide) groups is 1. The number of nitrogens with zero attached hydrogens (tertiary/aromatic N) is 1. The molecule has 1 aliphatic rings. The third-order valence-corrected chi connectivity index (χ3v) is 5.79. The maximum absolute atomic E-state index is 6.44. The Balaban J connectivity index is 2.33. The summed E-state index contributed by atoms with van der Waals surface area (Å²) in [6, 6.07) is 9.60. The molecule has 2 N–H and O–H groups in total. The zero-order valence-electron chi connectivity index (χ0n) is 11.7. The van der Waals surface area contributed by atoms with Crippen LogP contribution in [0.2, 0.25) is 0 Å². The molecule has 1 heterocycles. The van der Waals surface area contributed by atoms with Crippen molar-refractivity contribution >= 4 is 27.7 Å². The van der Waals surface area contributed by atoms with E-state index in [0.717, 1.165) is 13.0 Å². The van der Waals surface area contributed by atoms with Crippen molar-refractivity contribution < 1.29 is 0 Å². The van der Waals surface area contributed by atoms with Crippen molar-refractivity contribution in [2.24, 2.45) is 5.73 Å². The van der Waals surface area contributed by atoms with Crippen molar-refractivity contribution in [3.8, 4) is 0 Å². The average Bonchev–Trinajstić information content (AvgIpc) is 2.43. The number of benzene rings is 1. The summed E-state index contributed by atoms with van der Waals surface area (Å²) in [4.78, 5) is 2.59. The van der Waals surface area contributed by atoms with Gasteiger partial charge in [0.25, 0.3) is 0 Å². The van der Waals surface area contributed by atoms with E-state index in [2.05, 4.69) is 58.9 Å². The quantitative estimate of drug-likeness (QED) is 0.905. The molecule has 0 spiro atoms. The van der Waals surface area contributed by atoms with E-state index in [9.17, 15) is 0 Å². The normalized spacial score (nSPS) is 24.1. The van der Waals surface area contributed by atoms with Crippen LogP contribution < -0.4 is 5.73 Å². The second kappa shape index (κ2) is 7.11. The van der Waals surface area contributed by atoms with Crippen molar-refractivity contribution in [2.75, 3.05) is 18.1 Å². The standard InChI is InChI=1S/C15H23BrN2S/c1-3-14(17)15(12-6-4-5-7-13(12)16)18-8-9-19-10-11(18)2/h4-7,11,14-15H,3,8-10,17H2,1-2H3. The highest BCUT2D eigenvalue weighted by Crippen LogP contribution is 2.34. The lowest BCUT2D eigenvalue weighted by molar-refractivity contribution is 0.137. The van der Waals surface area contributed by atoms with E-state index in [4.69, 9.17) is 5.73 Å². The van der Waals surface area contributed by atoms with E-state index >= 15 is 0 Å². The van der Waals surface area contributed by atoms with Crippen LogP contribution in [-0.2, 0) is 0 Å². The van der Waals surface area contributed by atoms with Crippen molar-refractivity contribution in [2.45, 2.75) is 38.4 Å². The maximum Gasteiger partial charge on any atom is 0.0513 e. The van der Waals surface area contributed by atoms with E-state index in [-0.39, 0.29) is 6.04 Å². The van der Waals surface area contributed by atoms with Gasteiger partial charge in [-0.25, -0.2) is 0 Å². The predicted octanol–water partition coefficient (Wildman–Crippen LogP) is 3.66. The number of halogens is 1. The summed E-state index contributed by atoms with van der Waals surface area (Å²) >= 11 is 5.74. The molecule has 1 aliphatic heterocycles. The van der Waals surface area contributed by atoms with Crippen LogP contribution in [0.4, 0.5) is 0 Å². The molecule has 19 heavy (non-hydrogen) atoms. The third kappa shape index (κ3) is 3.54. The van der Waals surface area contributed by atoms with Crippen LogP contribution in [-0.4, -0.2) is 35.0 Å². The zero-order chi connectivity index (χ0) is 13.8. The Bertz CT molecular complexity index is 413. The Kier molecular flexibility index (Phi) is 5.75. The summed E-state index contributed by atoms with van der Waals surface area (Å²) in [6.07, 6.45) is 1.00. The van der Waals surface area contributed by atoms with Crippen molar-refractivity contribution in [3.05, 3.63) is 34.3 Å². The monoisotopic (exact) mass is 342 g/mol. The molecule has 0 bridgehead atoms. The van der Waals surface area contributed by atoms with Gasteiger partial charge in [0, 0.05) is 34.6 Å². The summed E-state index contributed by atoms with van der Waals surface area (Å²) < 4.78 is 1.18. The smallest absolute Gasteiger partial charge is 0.0513 e. The molecule has 0 saturated carbocycles. The van der Waals surface area contributed by atoms with Gasteiger partial charge >= 0.3 is 0 Å². The Morgan fingerprint density at radius 2 is 2.21 bits per heavy atom. The second-order valence-electron chi connectivity index (χ2n) is 5.20. The number of hydrogen-bond donors (Lipinski definition) is 1. The minimum atomic E-state index is 0.184. The molecule has 1 saturated heterocycles. The van der Waals surface area contributed by atoms with Gasteiger partial charge in [0.2, 0.25) is 0 Å². The number of hydrogen-bond acceptors (Lipinski definition) is 3. The molecule has 3 unspecified atom stereocenters. The Hall–Kier alpha value is -0.0300. The molecule has 0 aliphatic carbocycles. The summed E-state index contributed by atoms with van der Waals surface area (Å²) in [5.74, 6) is 2.42. The highest BCUT2D eigenvalue weighted by Gasteiger charge is 2.31. The molecule has 2 nitrogen and oxygen atoms in total. The molecule has 0 amide bonds. The highest BCUT2D eigenvalue weighted by atomic mass is 79.9. The summed E-state index contributed by atoms with van der Waals surface area (Å²) in [6.45, 7) is 5.63. The van der Waals surface area contributed by atoms with Gasteiger partial charge in [-0.1, -0.05) is 41.1 Å². The van der Waals surface area contributed by atoms with Gasteiger partial charge in [-0.15, -0.1) is 0 Å². The minimum Gasteiger partial charge on any atom is -0.326 e. The lowest BCUT2D eigenvalue weighted by Gasteiger charge is -2.42. The van der Waals surface area contributed by atoms with Gasteiger partial charge < -0.3 is 5.73 Å². The second-order valence-corrected chi connectivity index (χ2v) is 7.20. The van der Waals surface area contributed by atoms with Gasteiger partial charge in [0.15, 0.2) is 0 Å². The molecule has 2 rings (SSSR count). The number of nitrogens with two attached hydrogens (primary N) is 1. The van der Waals surface area contributed by atoms with E-state index in [0.29, 0.717) is 12.1 Å². The van der Waals surface area contributed by atoms with E-state index in [1.807, 2.05) is 11.8 Å². The first-order chi connectivity index (χ1) is 9.15. The van der Waals surface area contributed by atoms with Gasteiger partial charge in [-0.3, -0.25) is 4.90 Å². The van der Waals surface area contributed by atoms with Gasteiger partial charge in [0.1, 0.15) is 0 Å². The van der Waals surface area contributed by atoms with Gasteiger partial charge in [-0.05, 0) is 25.0 Å². The van der Waals surface area contributed by atoms with E-state index < -0.39 is 0 Å². The molecular formula is C15H23BrN2S. The molecule has 1 aromatic rings. The van der Waals surface area contributed by atoms with Crippen LogP contribution >= 0.6 is 27.7 Å². The van der Waals surface area contributed by atoms with E-state index in [1.165, 1.54) is 21.5 Å². The van der Waals surface area contributed by atoms with Crippen LogP contribution in [0.1, 0.15) is 31.9 Å².